The summed E-state index contributed by atoms with van der Waals surface area (Å²) in [6.45, 7) is 11.6. The SMILES string of the molecule is COc1cccc(CNc2ccc3c(c2)N(CC2=CC(CN4CCN(c5ccccc5OC(C)C)CC4)ON2)CC3)c1. The predicted octanol–water partition coefficient (Wildman–Crippen LogP) is 5.07. The second kappa shape index (κ2) is 13.0. The van der Waals surface area contributed by atoms with Crippen LogP contribution >= 0.6 is 0 Å². The van der Waals surface area contributed by atoms with Crippen LogP contribution in [0.5, 0.6) is 11.5 Å². The van der Waals surface area contributed by atoms with Crippen molar-refractivity contribution in [3.8, 4) is 11.5 Å². The highest BCUT2D eigenvalue weighted by Gasteiger charge is 2.27. The third-order valence-corrected chi connectivity index (χ3v) is 8.18. The van der Waals surface area contributed by atoms with Crippen molar-refractivity contribution in [3.63, 3.8) is 0 Å². The van der Waals surface area contributed by atoms with E-state index >= 15 is 0 Å². The third-order valence-electron chi connectivity index (χ3n) is 8.18. The molecule has 0 aliphatic carbocycles. The first-order valence-electron chi connectivity index (χ1n) is 15.1. The molecule has 0 aromatic heterocycles. The van der Waals surface area contributed by atoms with E-state index in [-0.39, 0.29) is 12.2 Å². The maximum absolute atomic E-state index is 6.06. The monoisotopic (exact) mass is 569 g/mol. The summed E-state index contributed by atoms with van der Waals surface area (Å²) in [6.07, 6.45) is 3.55. The Morgan fingerprint density at radius 3 is 2.64 bits per heavy atom. The molecule has 3 aromatic rings. The van der Waals surface area contributed by atoms with Crippen LogP contribution in [-0.2, 0) is 17.8 Å². The zero-order valence-electron chi connectivity index (χ0n) is 25.0. The minimum Gasteiger partial charge on any atom is -0.497 e. The molecule has 3 heterocycles. The van der Waals surface area contributed by atoms with Crippen molar-refractivity contribution in [2.24, 2.45) is 0 Å². The number of hydroxylamine groups is 1. The molecule has 2 N–H and O–H groups in total. The fourth-order valence-corrected chi connectivity index (χ4v) is 6.03. The van der Waals surface area contributed by atoms with Crippen molar-refractivity contribution in [3.05, 3.63) is 89.6 Å². The highest BCUT2D eigenvalue weighted by Crippen LogP contribution is 2.32. The molecule has 42 heavy (non-hydrogen) atoms. The van der Waals surface area contributed by atoms with Gasteiger partial charge in [-0.1, -0.05) is 30.3 Å². The second-order valence-electron chi connectivity index (χ2n) is 11.6. The Kier molecular flexibility index (Phi) is 8.72. The summed E-state index contributed by atoms with van der Waals surface area (Å²) >= 11 is 0. The van der Waals surface area contributed by atoms with Gasteiger partial charge in [-0.05, 0) is 73.9 Å². The first-order chi connectivity index (χ1) is 20.5. The van der Waals surface area contributed by atoms with E-state index in [1.165, 1.54) is 22.5 Å². The van der Waals surface area contributed by atoms with Crippen LogP contribution in [0, 0.1) is 0 Å². The summed E-state index contributed by atoms with van der Waals surface area (Å²) in [5.41, 5.74) is 10.6. The summed E-state index contributed by atoms with van der Waals surface area (Å²) in [5.74, 6) is 1.85. The van der Waals surface area contributed by atoms with Gasteiger partial charge in [0.05, 0.1) is 31.1 Å². The average molecular weight is 570 g/mol. The van der Waals surface area contributed by atoms with E-state index in [1.54, 1.807) is 7.11 Å². The number of nitrogens with zero attached hydrogens (tertiary/aromatic N) is 3. The van der Waals surface area contributed by atoms with Crippen molar-refractivity contribution in [1.82, 2.24) is 10.4 Å². The number of rotatable bonds is 11. The van der Waals surface area contributed by atoms with Gasteiger partial charge in [0.25, 0.3) is 0 Å². The third kappa shape index (κ3) is 6.77. The Balaban J connectivity index is 1.00. The molecule has 222 valence electrons. The predicted molar refractivity (Wildman–Crippen MR) is 170 cm³/mol. The summed E-state index contributed by atoms with van der Waals surface area (Å²) in [5, 5.41) is 3.58. The van der Waals surface area contributed by atoms with Gasteiger partial charge in [-0.25, -0.2) is 0 Å². The van der Waals surface area contributed by atoms with E-state index in [4.69, 9.17) is 14.3 Å². The lowest BCUT2D eigenvalue weighted by molar-refractivity contribution is 0.0199. The number of nitrogens with one attached hydrogen (secondary N) is 2. The molecule has 1 fully saturated rings. The molecule has 3 aromatic carbocycles. The first kappa shape index (κ1) is 28.2. The standard InChI is InChI=1S/C34H43N5O3/c1-25(2)41-34-10-5-4-9-32(34)38-17-15-37(16-18-38)24-31-20-29(36-42-31)23-39-14-13-27-11-12-28(21-33(27)39)35-22-26-7-6-8-30(19-26)40-3/h4-12,19-21,25,31,35-36H,13-18,22-24H2,1-3H3. The number of anilines is 3. The molecule has 1 atom stereocenters. The summed E-state index contributed by atoms with van der Waals surface area (Å²) < 4.78 is 11.4. The Hall–Kier alpha value is -3.88. The molecule has 3 aliphatic heterocycles. The number of para-hydroxylation sites is 2. The molecule has 0 amide bonds. The van der Waals surface area contributed by atoms with Gasteiger partial charge in [-0.15, -0.1) is 0 Å². The first-order valence-corrected chi connectivity index (χ1v) is 15.1. The minimum absolute atomic E-state index is 0.0565. The largest absolute Gasteiger partial charge is 0.497 e. The van der Waals surface area contributed by atoms with Crippen LogP contribution in [-0.4, -0.2) is 70.0 Å². The van der Waals surface area contributed by atoms with E-state index in [9.17, 15) is 0 Å². The topological polar surface area (TPSA) is 61.5 Å². The minimum atomic E-state index is 0.0565. The summed E-state index contributed by atoms with van der Waals surface area (Å²) in [7, 11) is 1.70. The lowest BCUT2D eigenvalue weighted by atomic mass is 10.1. The Morgan fingerprint density at radius 1 is 0.952 bits per heavy atom. The molecule has 0 saturated carbocycles. The van der Waals surface area contributed by atoms with Crippen LogP contribution in [0.25, 0.3) is 0 Å². The van der Waals surface area contributed by atoms with E-state index in [0.717, 1.165) is 81.7 Å². The van der Waals surface area contributed by atoms with Gasteiger partial charge in [0.2, 0.25) is 0 Å². The Labute approximate surface area is 249 Å². The molecule has 3 aliphatic rings. The van der Waals surface area contributed by atoms with Gasteiger partial charge >= 0.3 is 0 Å². The van der Waals surface area contributed by atoms with Gasteiger partial charge in [0, 0.05) is 57.2 Å². The highest BCUT2D eigenvalue weighted by molar-refractivity contribution is 5.66. The number of hydrogen-bond acceptors (Lipinski definition) is 8. The number of methoxy groups -OCH3 is 1. The van der Waals surface area contributed by atoms with Gasteiger partial charge in [0.15, 0.2) is 0 Å². The fraction of sp³-hybridized carbons (Fsp3) is 0.412. The quantitative estimate of drug-likeness (QED) is 0.332. The number of benzene rings is 3. The van der Waals surface area contributed by atoms with E-state index in [0.29, 0.717) is 0 Å². The smallest absolute Gasteiger partial charge is 0.142 e. The van der Waals surface area contributed by atoms with Crippen LogP contribution < -0.4 is 30.1 Å². The average Bonchev–Trinajstić information content (AvgIpc) is 3.63. The number of fused-ring (bicyclic) bond motifs is 1. The van der Waals surface area contributed by atoms with Gasteiger partial charge in [0.1, 0.15) is 17.6 Å². The van der Waals surface area contributed by atoms with Crippen LogP contribution in [0.1, 0.15) is 25.0 Å². The zero-order valence-corrected chi connectivity index (χ0v) is 25.0. The second-order valence-corrected chi connectivity index (χ2v) is 11.6. The van der Waals surface area contributed by atoms with Crippen LogP contribution in [0.3, 0.4) is 0 Å². The van der Waals surface area contributed by atoms with Crippen molar-refractivity contribution in [2.45, 2.75) is 39.0 Å². The van der Waals surface area contributed by atoms with Crippen molar-refractivity contribution in [1.29, 1.82) is 0 Å². The number of piperazine rings is 1. The molecule has 0 spiro atoms. The molecule has 6 rings (SSSR count). The van der Waals surface area contributed by atoms with Gasteiger partial charge < -0.3 is 24.6 Å². The molecular weight excluding hydrogens is 526 g/mol. The molecular formula is C34H43N5O3. The molecule has 8 nitrogen and oxygen atoms in total. The highest BCUT2D eigenvalue weighted by atomic mass is 16.7. The number of ether oxygens (including phenoxy) is 2. The summed E-state index contributed by atoms with van der Waals surface area (Å²) in [6, 6.07) is 23.3. The molecule has 0 bridgehead atoms. The van der Waals surface area contributed by atoms with Crippen LogP contribution in [0.2, 0.25) is 0 Å². The van der Waals surface area contributed by atoms with Gasteiger partial charge in [-0.3, -0.25) is 15.2 Å². The maximum atomic E-state index is 6.06. The molecule has 1 saturated heterocycles. The maximum Gasteiger partial charge on any atom is 0.142 e. The van der Waals surface area contributed by atoms with Crippen molar-refractivity contribution in [2.75, 3.05) is 68.0 Å². The molecule has 1 unspecified atom stereocenters. The van der Waals surface area contributed by atoms with E-state index in [1.807, 2.05) is 18.2 Å². The fourth-order valence-electron chi connectivity index (χ4n) is 6.03. The zero-order chi connectivity index (χ0) is 28.9. The van der Waals surface area contributed by atoms with Crippen molar-refractivity contribution < 1.29 is 14.3 Å². The Morgan fingerprint density at radius 2 is 1.81 bits per heavy atom. The summed E-state index contributed by atoms with van der Waals surface area (Å²) in [4.78, 5) is 13.4. The lowest BCUT2D eigenvalue weighted by Gasteiger charge is -2.37. The van der Waals surface area contributed by atoms with Crippen molar-refractivity contribution >= 4 is 17.1 Å². The normalized spacial score (nSPS) is 18.6. The number of hydrogen-bond donors (Lipinski definition) is 2. The molecule has 8 heteroatoms. The Bertz CT molecular complexity index is 1390. The molecule has 0 radical (unpaired) electrons. The van der Waals surface area contributed by atoms with Gasteiger partial charge in [-0.2, -0.15) is 0 Å². The van der Waals surface area contributed by atoms with Crippen LogP contribution in [0.15, 0.2) is 78.5 Å². The van der Waals surface area contributed by atoms with E-state index < -0.39 is 0 Å². The lowest BCUT2D eigenvalue weighted by Crippen LogP contribution is -2.48. The van der Waals surface area contributed by atoms with E-state index in [2.05, 4.69) is 94.0 Å². The van der Waals surface area contributed by atoms with Crippen LogP contribution in [0.4, 0.5) is 17.1 Å².